The van der Waals surface area contributed by atoms with Gasteiger partial charge in [0.15, 0.2) is 0 Å². The zero-order valence-corrected chi connectivity index (χ0v) is 20.0. The number of aromatic nitrogens is 1. The van der Waals surface area contributed by atoms with Gasteiger partial charge in [-0.1, -0.05) is 32.9 Å². The van der Waals surface area contributed by atoms with Gasteiger partial charge in [-0.25, -0.2) is 0 Å². The molecule has 1 unspecified atom stereocenters. The Morgan fingerprint density at radius 2 is 1.65 bits per heavy atom. The number of aliphatic hydroxyl groups excluding tert-OH is 1. The van der Waals surface area contributed by atoms with Gasteiger partial charge in [-0.05, 0) is 71.5 Å². The standard InChI is InChI=1S/C28H28N2O4/c1-17-16-21(34-5)10-11-22(17)25(31)23-24(18-12-14-29-15-13-18)30(27(33)26(23)32)20-8-6-19(7-9-20)28(2,3)4/h6-16,24,31H,1-5H3/b25-23-. The summed E-state index contributed by atoms with van der Waals surface area (Å²) in [6.07, 6.45) is 3.22. The lowest BCUT2D eigenvalue weighted by Gasteiger charge is -2.26. The zero-order chi connectivity index (χ0) is 24.6. The molecular weight excluding hydrogens is 428 g/mol. The van der Waals surface area contributed by atoms with Crippen LogP contribution in [0.1, 0.15) is 49.1 Å². The molecule has 1 amide bonds. The number of anilines is 1. The molecule has 0 bridgehead atoms. The molecule has 0 radical (unpaired) electrons. The molecule has 6 nitrogen and oxygen atoms in total. The van der Waals surface area contributed by atoms with Crippen molar-refractivity contribution in [2.75, 3.05) is 12.0 Å². The molecule has 0 saturated carbocycles. The molecular formula is C28H28N2O4. The van der Waals surface area contributed by atoms with Crippen molar-refractivity contribution in [3.8, 4) is 5.75 Å². The first-order valence-electron chi connectivity index (χ1n) is 11.1. The molecule has 1 aromatic heterocycles. The Balaban J connectivity index is 1.90. The van der Waals surface area contributed by atoms with E-state index in [0.29, 0.717) is 22.6 Å². The maximum atomic E-state index is 13.3. The lowest BCUT2D eigenvalue weighted by molar-refractivity contribution is -0.132. The number of hydrogen-bond acceptors (Lipinski definition) is 5. The number of methoxy groups -OCH3 is 1. The Kier molecular flexibility index (Phi) is 6.00. The van der Waals surface area contributed by atoms with Crippen LogP contribution in [0.3, 0.4) is 0 Å². The quantitative estimate of drug-likeness (QED) is 0.326. The van der Waals surface area contributed by atoms with Crippen LogP contribution in [-0.2, 0) is 15.0 Å². The van der Waals surface area contributed by atoms with Crippen LogP contribution in [-0.4, -0.2) is 28.9 Å². The van der Waals surface area contributed by atoms with Crippen LogP contribution < -0.4 is 9.64 Å². The monoisotopic (exact) mass is 456 g/mol. The second kappa shape index (κ2) is 8.78. The SMILES string of the molecule is COc1ccc(/C(O)=C2/C(=O)C(=O)N(c3ccc(C(C)(C)C)cc3)C2c2ccncc2)c(C)c1. The first kappa shape index (κ1) is 23.2. The second-order valence-electron chi connectivity index (χ2n) is 9.43. The molecule has 0 spiro atoms. The van der Waals surface area contributed by atoms with Crippen molar-refractivity contribution in [3.05, 3.63) is 94.8 Å². The van der Waals surface area contributed by atoms with E-state index >= 15 is 0 Å². The van der Waals surface area contributed by atoms with Gasteiger partial charge in [-0.2, -0.15) is 0 Å². The van der Waals surface area contributed by atoms with E-state index < -0.39 is 17.7 Å². The fraction of sp³-hybridized carbons (Fsp3) is 0.250. The normalized spacial score (nSPS) is 17.8. The largest absolute Gasteiger partial charge is 0.507 e. The molecule has 2 heterocycles. The lowest BCUT2D eigenvalue weighted by Crippen LogP contribution is -2.29. The molecule has 1 aliphatic heterocycles. The number of carbonyl (C=O) groups is 2. The van der Waals surface area contributed by atoms with Crippen LogP contribution >= 0.6 is 0 Å². The zero-order valence-electron chi connectivity index (χ0n) is 20.0. The van der Waals surface area contributed by atoms with Gasteiger partial charge in [-0.15, -0.1) is 0 Å². The van der Waals surface area contributed by atoms with Crippen molar-refractivity contribution in [2.45, 2.75) is 39.2 Å². The summed E-state index contributed by atoms with van der Waals surface area (Å²) in [6, 6.07) is 15.5. The molecule has 1 saturated heterocycles. The minimum absolute atomic E-state index is 0.0457. The molecule has 4 rings (SSSR count). The van der Waals surface area contributed by atoms with E-state index in [1.807, 2.05) is 31.2 Å². The van der Waals surface area contributed by atoms with E-state index in [-0.39, 0.29) is 16.7 Å². The van der Waals surface area contributed by atoms with Crippen LogP contribution in [0.5, 0.6) is 5.75 Å². The van der Waals surface area contributed by atoms with Crippen LogP contribution in [0.2, 0.25) is 0 Å². The Labute approximate surface area is 199 Å². The van der Waals surface area contributed by atoms with Crippen molar-refractivity contribution in [1.82, 2.24) is 4.98 Å². The summed E-state index contributed by atoms with van der Waals surface area (Å²) in [7, 11) is 1.56. The summed E-state index contributed by atoms with van der Waals surface area (Å²) in [5, 5.41) is 11.3. The van der Waals surface area contributed by atoms with Crippen molar-refractivity contribution in [1.29, 1.82) is 0 Å². The minimum Gasteiger partial charge on any atom is -0.507 e. The Morgan fingerprint density at radius 1 is 1.00 bits per heavy atom. The fourth-order valence-electron chi connectivity index (χ4n) is 4.26. The van der Waals surface area contributed by atoms with Gasteiger partial charge in [0.25, 0.3) is 11.7 Å². The molecule has 1 atom stereocenters. The van der Waals surface area contributed by atoms with Gasteiger partial charge in [0, 0.05) is 23.6 Å². The summed E-state index contributed by atoms with van der Waals surface area (Å²) in [4.78, 5) is 32.1. The van der Waals surface area contributed by atoms with Crippen molar-refractivity contribution in [2.24, 2.45) is 0 Å². The van der Waals surface area contributed by atoms with Gasteiger partial charge in [-0.3, -0.25) is 19.5 Å². The highest BCUT2D eigenvalue weighted by molar-refractivity contribution is 6.51. The first-order valence-corrected chi connectivity index (χ1v) is 11.1. The molecule has 1 aliphatic rings. The number of Topliss-reactive ketones (excluding diaryl/α,β-unsaturated/α-hetero) is 1. The predicted octanol–water partition coefficient (Wildman–Crippen LogP) is 5.32. The summed E-state index contributed by atoms with van der Waals surface area (Å²) >= 11 is 0. The van der Waals surface area contributed by atoms with E-state index in [1.165, 1.54) is 4.90 Å². The van der Waals surface area contributed by atoms with Gasteiger partial charge in [0.05, 0.1) is 18.7 Å². The first-order chi connectivity index (χ1) is 16.1. The van der Waals surface area contributed by atoms with Gasteiger partial charge in [0.1, 0.15) is 11.5 Å². The third-order valence-electron chi connectivity index (χ3n) is 6.17. The smallest absolute Gasteiger partial charge is 0.300 e. The topological polar surface area (TPSA) is 79.7 Å². The number of aliphatic hydroxyl groups is 1. The number of aryl methyl sites for hydroxylation is 1. The number of benzene rings is 2. The molecule has 1 N–H and O–H groups in total. The molecule has 3 aromatic rings. The molecule has 0 aliphatic carbocycles. The number of amides is 1. The number of rotatable bonds is 4. The van der Waals surface area contributed by atoms with Gasteiger partial charge < -0.3 is 9.84 Å². The third kappa shape index (κ3) is 4.07. The van der Waals surface area contributed by atoms with Crippen molar-refractivity contribution < 1.29 is 19.4 Å². The summed E-state index contributed by atoms with van der Waals surface area (Å²) in [5.41, 5.74) is 3.58. The minimum atomic E-state index is -0.787. The number of nitrogens with zero attached hydrogens (tertiary/aromatic N) is 2. The van der Waals surface area contributed by atoms with E-state index in [2.05, 4.69) is 25.8 Å². The highest BCUT2D eigenvalue weighted by Crippen LogP contribution is 2.42. The van der Waals surface area contributed by atoms with Crippen LogP contribution in [0.15, 0.2) is 72.6 Å². The molecule has 34 heavy (non-hydrogen) atoms. The Morgan fingerprint density at radius 3 is 2.21 bits per heavy atom. The molecule has 2 aromatic carbocycles. The van der Waals surface area contributed by atoms with Crippen molar-refractivity contribution >= 4 is 23.1 Å². The second-order valence-corrected chi connectivity index (χ2v) is 9.43. The summed E-state index contributed by atoms with van der Waals surface area (Å²) in [5.74, 6) is -0.985. The number of ether oxygens (including phenoxy) is 1. The Bertz CT molecular complexity index is 1270. The molecule has 174 valence electrons. The average molecular weight is 457 g/mol. The third-order valence-corrected chi connectivity index (χ3v) is 6.17. The Hall–Kier alpha value is -3.93. The summed E-state index contributed by atoms with van der Waals surface area (Å²) in [6.45, 7) is 8.16. The van der Waals surface area contributed by atoms with E-state index in [0.717, 1.165) is 11.1 Å². The van der Waals surface area contributed by atoms with Crippen molar-refractivity contribution in [3.63, 3.8) is 0 Å². The fourth-order valence-corrected chi connectivity index (χ4v) is 4.26. The van der Waals surface area contributed by atoms with E-state index in [9.17, 15) is 14.7 Å². The van der Waals surface area contributed by atoms with Crippen LogP contribution in [0.4, 0.5) is 5.69 Å². The maximum Gasteiger partial charge on any atom is 0.300 e. The average Bonchev–Trinajstić information content (AvgIpc) is 3.09. The maximum absolute atomic E-state index is 13.3. The van der Waals surface area contributed by atoms with Gasteiger partial charge >= 0.3 is 0 Å². The predicted molar refractivity (Wildman–Crippen MR) is 132 cm³/mol. The van der Waals surface area contributed by atoms with Gasteiger partial charge in [0.2, 0.25) is 0 Å². The lowest BCUT2D eigenvalue weighted by atomic mass is 9.87. The summed E-state index contributed by atoms with van der Waals surface area (Å²) < 4.78 is 5.26. The number of carbonyl (C=O) groups excluding carboxylic acids is 2. The van der Waals surface area contributed by atoms with Crippen LogP contribution in [0.25, 0.3) is 5.76 Å². The highest BCUT2D eigenvalue weighted by Gasteiger charge is 2.47. The molecule has 6 heteroatoms. The number of pyridine rings is 1. The number of hydrogen-bond donors (Lipinski definition) is 1. The van der Waals surface area contributed by atoms with E-state index in [4.69, 9.17) is 4.74 Å². The van der Waals surface area contributed by atoms with E-state index in [1.54, 1.807) is 49.8 Å². The van der Waals surface area contributed by atoms with Crippen LogP contribution in [0, 0.1) is 6.92 Å². The highest BCUT2D eigenvalue weighted by atomic mass is 16.5. The number of ketones is 1. The molecule has 1 fully saturated rings.